The van der Waals surface area contributed by atoms with Gasteiger partial charge in [-0.2, -0.15) is 0 Å². The van der Waals surface area contributed by atoms with E-state index < -0.39 is 5.82 Å². The van der Waals surface area contributed by atoms with E-state index in [1.54, 1.807) is 6.20 Å². The van der Waals surface area contributed by atoms with Crippen molar-refractivity contribution in [2.45, 2.75) is 38.1 Å². The zero-order chi connectivity index (χ0) is 19.9. The molecule has 5 rings (SSSR count). The number of ether oxygens (including phenoxy) is 1. The van der Waals surface area contributed by atoms with Gasteiger partial charge in [0, 0.05) is 24.2 Å². The lowest BCUT2D eigenvalue weighted by Gasteiger charge is -2.70. The summed E-state index contributed by atoms with van der Waals surface area (Å²) in [7, 11) is 0. The maximum atomic E-state index is 13.4. The van der Waals surface area contributed by atoms with Gasteiger partial charge in [-0.1, -0.05) is 17.7 Å². The Bertz CT molecular complexity index is 943. The molecule has 1 aromatic carbocycles. The van der Waals surface area contributed by atoms with Crippen molar-refractivity contribution in [3.63, 3.8) is 0 Å². The molecule has 3 saturated carbocycles. The van der Waals surface area contributed by atoms with Gasteiger partial charge in [0.1, 0.15) is 17.3 Å². The minimum atomic E-state index is -0.589. The second kappa shape index (κ2) is 6.85. The van der Waals surface area contributed by atoms with Crippen molar-refractivity contribution < 1.29 is 18.7 Å². The summed E-state index contributed by atoms with van der Waals surface area (Å²) < 4.78 is 18.7. The SMILES string of the molecule is Cc1cccnc1C(=O)CC12CC(NC(=O)COc3ccc(Cl)c(F)c3)(C1)C2. The van der Waals surface area contributed by atoms with Crippen LogP contribution >= 0.6 is 11.6 Å². The molecule has 1 heterocycles. The van der Waals surface area contributed by atoms with E-state index in [0.717, 1.165) is 30.9 Å². The van der Waals surface area contributed by atoms with Gasteiger partial charge in [0.2, 0.25) is 0 Å². The highest BCUT2D eigenvalue weighted by Gasteiger charge is 2.68. The lowest BCUT2D eigenvalue weighted by atomic mass is 9.38. The van der Waals surface area contributed by atoms with Crippen molar-refractivity contribution in [1.29, 1.82) is 0 Å². The molecule has 0 aliphatic heterocycles. The summed E-state index contributed by atoms with van der Waals surface area (Å²) in [6, 6.07) is 7.75. The smallest absolute Gasteiger partial charge is 0.258 e. The van der Waals surface area contributed by atoms with E-state index >= 15 is 0 Å². The van der Waals surface area contributed by atoms with Gasteiger partial charge in [-0.15, -0.1) is 0 Å². The zero-order valence-corrected chi connectivity index (χ0v) is 16.2. The average Bonchev–Trinajstić information content (AvgIpc) is 2.60. The average molecular weight is 403 g/mol. The third kappa shape index (κ3) is 3.49. The van der Waals surface area contributed by atoms with Crippen molar-refractivity contribution in [3.8, 4) is 5.75 Å². The highest BCUT2D eigenvalue weighted by Crippen LogP contribution is 2.69. The molecule has 0 atom stereocenters. The first-order chi connectivity index (χ1) is 13.3. The molecule has 1 aromatic heterocycles. The van der Waals surface area contributed by atoms with Crippen LogP contribution in [0.5, 0.6) is 5.75 Å². The number of ketones is 1. The number of Topliss-reactive ketones (excluding diaryl/α,β-unsaturated/α-hetero) is 1. The Morgan fingerprint density at radius 2 is 2.04 bits per heavy atom. The Labute approximate surface area is 167 Å². The molecule has 1 amide bonds. The Hall–Kier alpha value is -2.47. The van der Waals surface area contributed by atoms with E-state index in [-0.39, 0.29) is 40.0 Å². The van der Waals surface area contributed by atoms with Crippen LogP contribution in [0.2, 0.25) is 5.02 Å². The van der Waals surface area contributed by atoms with Crippen LogP contribution in [0.3, 0.4) is 0 Å². The molecule has 28 heavy (non-hydrogen) atoms. The molecule has 0 saturated heterocycles. The summed E-state index contributed by atoms with van der Waals surface area (Å²) in [4.78, 5) is 28.9. The largest absolute Gasteiger partial charge is 0.484 e. The van der Waals surface area contributed by atoms with Gasteiger partial charge in [-0.3, -0.25) is 14.6 Å². The molecule has 1 N–H and O–H groups in total. The van der Waals surface area contributed by atoms with Crippen molar-refractivity contribution in [3.05, 3.63) is 58.6 Å². The zero-order valence-electron chi connectivity index (χ0n) is 15.4. The summed E-state index contributed by atoms with van der Waals surface area (Å²) in [6.45, 7) is 1.69. The van der Waals surface area contributed by atoms with Gasteiger partial charge in [0.25, 0.3) is 5.91 Å². The van der Waals surface area contributed by atoms with Gasteiger partial charge >= 0.3 is 0 Å². The molecule has 2 aromatic rings. The highest BCUT2D eigenvalue weighted by atomic mass is 35.5. The second-order valence-corrected chi connectivity index (χ2v) is 8.40. The highest BCUT2D eigenvalue weighted by molar-refractivity contribution is 6.30. The van der Waals surface area contributed by atoms with Gasteiger partial charge in [0.05, 0.1) is 5.02 Å². The monoisotopic (exact) mass is 402 g/mol. The normalized spacial score (nSPS) is 24.7. The summed E-state index contributed by atoms with van der Waals surface area (Å²) in [5, 5.41) is 3.00. The summed E-state index contributed by atoms with van der Waals surface area (Å²) in [5.74, 6) is -0.530. The summed E-state index contributed by atoms with van der Waals surface area (Å²) in [5.41, 5.74) is 1.17. The van der Waals surface area contributed by atoms with Crippen LogP contribution in [-0.2, 0) is 4.79 Å². The number of hydrogen-bond donors (Lipinski definition) is 1. The Morgan fingerprint density at radius 3 is 2.71 bits per heavy atom. The molecule has 7 heteroatoms. The number of carbonyl (C=O) groups is 2. The van der Waals surface area contributed by atoms with Crippen LogP contribution in [0.1, 0.15) is 41.7 Å². The number of pyridine rings is 1. The topological polar surface area (TPSA) is 68.3 Å². The Morgan fingerprint density at radius 1 is 1.29 bits per heavy atom. The minimum Gasteiger partial charge on any atom is -0.484 e. The van der Waals surface area contributed by atoms with Crippen LogP contribution < -0.4 is 10.1 Å². The predicted octanol–water partition coefficient (Wildman–Crippen LogP) is 3.87. The van der Waals surface area contributed by atoms with E-state index in [9.17, 15) is 14.0 Å². The molecule has 146 valence electrons. The first kappa shape index (κ1) is 18.9. The van der Waals surface area contributed by atoms with Crippen LogP contribution in [0.25, 0.3) is 0 Å². The number of aryl methyl sites for hydroxylation is 1. The van der Waals surface area contributed by atoms with E-state index in [1.807, 2.05) is 19.1 Å². The van der Waals surface area contributed by atoms with E-state index in [2.05, 4.69) is 10.3 Å². The fourth-order valence-electron chi connectivity index (χ4n) is 4.57. The lowest BCUT2D eigenvalue weighted by Crippen LogP contribution is -2.75. The van der Waals surface area contributed by atoms with Crippen LogP contribution in [0, 0.1) is 18.2 Å². The first-order valence-electron chi connectivity index (χ1n) is 9.14. The molecule has 3 aliphatic carbocycles. The summed E-state index contributed by atoms with van der Waals surface area (Å²) in [6.07, 6.45) is 4.47. The van der Waals surface area contributed by atoms with Crippen LogP contribution in [-0.4, -0.2) is 28.8 Å². The van der Waals surface area contributed by atoms with Gasteiger partial charge in [-0.05, 0) is 55.4 Å². The standard InChI is InChI=1S/C21H20ClFN2O3/c1-13-3-2-6-24-19(13)17(26)8-20-10-21(11-20,12-20)25-18(27)9-28-14-4-5-15(22)16(23)7-14/h2-7H,8-12H2,1H3,(H,25,27). The Kier molecular flexibility index (Phi) is 4.62. The minimum absolute atomic E-state index is 0.00594. The van der Waals surface area contributed by atoms with E-state index in [0.29, 0.717) is 12.1 Å². The third-order valence-corrected chi connectivity index (χ3v) is 5.92. The molecule has 3 fully saturated rings. The van der Waals surface area contributed by atoms with E-state index in [1.165, 1.54) is 12.1 Å². The number of halogens is 2. The van der Waals surface area contributed by atoms with Crippen molar-refractivity contribution >= 4 is 23.3 Å². The fraction of sp³-hybridized carbons (Fsp3) is 0.381. The number of nitrogens with zero attached hydrogens (tertiary/aromatic N) is 1. The number of benzene rings is 1. The lowest BCUT2D eigenvalue weighted by molar-refractivity contribution is -0.164. The maximum Gasteiger partial charge on any atom is 0.258 e. The number of rotatable bonds is 7. The number of hydrogen-bond acceptors (Lipinski definition) is 4. The Balaban J connectivity index is 1.25. The molecular weight excluding hydrogens is 383 g/mol. The molecule has 2 bridgehead atoms. The van der Waals surface area contributed by atoms with Gasteiger partial charge in [0.15, 0.2) is 12.4 Å². The van der Waals surface area contributed by atoms with Crippen molar-refractivity contribution in [2.75, 3.05) is 6.61 Å². The predicted molar refractivity (Wildman–Crippen MR) is 102 cm³/mol. The molecule has 5 nitrogen and oxygen atoms in total. The number of carbonyl (C=O) groups excluding carboxylic acids is 2. The number of nitrogens with one attached hydrogen (secondary N) is 1. The number of amides is 1. The number of aromatic nitrogens is 1. The van der Waals surface area contributed by atoms with Crippen LogP contribution in [0.4, 0.5) is 4.39 Å². The van der Waals surface area contributed by atoms with E-state index in [4.69, 9.17) is 16.3 Å². The quantitative estimate of drug-likeness (QED) is 0.714. The molecule has 0 radical (unpaired) electrons. The van der Waals surface area contributed by atoms with Crippen molar-refractivity contribution in [1.82, 2.24) is 10.3 Å². The third-order valence-electron chi connectivity index (χ3n) is 5.61. The summed E-state index contributed by atoms with van der Waals surface area (Å²) >= 11 is 5.62. The molecular formula is C21H20ClFN2O3. The molecule has 0 unspecified atom stereocenters. The first-order valence-corrected chi connectivity index (χ1v) is 9.51. The van der Waals surface area contributed by atoms with Crippen molar-refractivity contribution in [2.24, 2.45) is 5.41 Å². The maximum absolute atomic E-state index is 13.4. The molecule has 0 spiro atoms. The van der Waals surface area contributed by atoms with Crippen LogP contribution in [0.15, 0.2) is 36.5 Å². The second-order valence-electron chi connectivity index (χ2n) is 7.99. The van der Waals surface area contributed by atoms with Gasteiger partial charge in [-0.25, -0.2) is 4.39 Å². The molecule has 3 aliphatic rings. The fourth-order valence-corrected chi connectivity index (χ4v) is 4.69. The van der Waals surface area contributed by atoms with Gasteiger partial charge < -0.3 is 10.1 Å².